The van der Waals surface area contributed by atoms with Crippen LogP contribution in [-0.4, -0.2) is 27.6 Å². The molecule has 0 saturated carbocycles. The Kier molecular flexibility index (Phi) is 5.23. The summed E-state index contributed by atoms with van der Waals surface area (Å²) in [7, 11) is -1.65. The molecule has 1 aliphatic rings. The summed E-state index contributed by atoms with van der Waals surface area (Å²) >= 11 is 0. The van der Waals surface area contributed by atoms with Crippen molar-refractivity contribution in [3.8, 4) is 5.75 Å². The molecule has 3 nitrogen and oxygen atoms in total. The minimum Gasteiger partial charge on any atom is -0.486 e. The lowest BCUT2D eigenvalue weighted by molar-refractivity contribution is 0.160. The summed E-state index contributed by atoms with van der Waals surface area (Å²) in [6, 6.07) is 6.43. The molecule has 0 aromatic heterocycles. The summed E-state index contributed by atoms with van der Waals surface area (Å²) in [5.74, 6) is 0.973. The summed E-state index contributed by atoms with van der Waals surface area (Å²) < 4.78 is 12.4. The Hall–Kier alpha value is -1.00. The summed E-state index contributed by atoms with van der Waals surface area (Å²) in [5, 5.41) is 3.76. The molecule has 22 heavy (non-hydrogen) atoms. The number of ether oxygens (including phenoxy) is 1. The maximum absolute atomic E-state index is 6.25. The third kappa shape index (κ3) is 4.05. The van der Waals surface area contributed by atoms with Gasteiger partial charge < -0.3 is 14.5 Å². The van der Waals surface area contributed by atoms with Gasteiger partial charge in [0.25, 0.3) is 0 Å². The van der Waals surface area contributed by atoms with E-state index in [1.807, 2.05) is 0 Å². The van der Waals surface area contributed by atoms with Crippen LogP contribution in [0.4, 0.5) is 5.69 Å². The van der Waals surface area contributed by atoms with Crippen molar-refractivity contribution >= 4 is 14.0 Å². The normalized spacial score (nSPS) is 18.4. The molecular weight excluding hydrogens is 290 g/mol. The van der Waals surface area contributed by atoms with E-state index in [0.717, 1.165) is 37.4 Å². The average Bonchev–Trinajstić information content (AvgIpc) is 2.45. The van der Waals surface area contributed by atoms with Crippen LogP contribution in [0.3, 0.4) is 0 Å². The van der Waals surface area contributed by atoms with Crippen LogP contribution in [0.25, 0.3) is 0 Å². The first kappa shape index (κ1) is 17.4. The molecule has 1 aromatic carbocycles. The van der Waals surface area contributed by atoms with Gasteiger partial charge in [-0.1, -0.05) is 33.8 Å². The van der Waals surface area contributed by atoms with Crippen molar-refractivity contribution in [1.29, 1.82) is 0 Å². The van der Waals surface area contributed by atoms with Crippen LogP contribution in [0.2, 0.25) is 18.1 Å². The number of aryl methyl sites for hydroxylation is 1. The third-order valence-electron chi connectivity index (χ3n) is 4.97. The van der Waals surface area contributed by atoms with E-state index in [-0.39, 0.29) is 11.1 Å². The zero-order valence-electron chi connectivity index (χ0n) is 15.0. The number of hydrogen-bond donors (Lipinski definition) is 1. The Bertz CT molecular complexity index is 508. The highest BCUT2D eigenvalue weighted by atomic mass is 28.4. The largest absolute Gasteiger partial charge is 0.486 e. The third-order valence-corrected chi connectivity index (χ3v) is 9.51. The zero-order valence-corrected chi connectivity index (χ0v) is 16.0. The minimum absolute atomic E-state index is 0.199. The fraction of sp³-hybridized carbons (Fsp3) is 0.667. The smallest absolute Gasteiger partial charge is 0.191 e. The van der Waals surface area contributed by atoms with E-state index in [0.29, 0.717) is 0 Å². The van der Waals surface area contributed by atoms with Gasteiger partial charge in [0, 0.05) is 13.0 Å². The molecule has 0 radical (unpaired) electrons. The van der Waals surface area contributed by atoms with Gasteiger partial charge >= 0.3 is 0 Å². The number of benzene rings is 1. The highest BCUT2D eigenvalue weighted by molar-refractivity contribution is 6.74. The molecule has 124 valence electrons. The van der Waals surface area contributed by atoms with Gasteiger partial charge in [0.2, 0.25) is 0 Å². The van der Waals surface area contributed by atoms with E-state index >= 15 is 0 Å². The molecular formula is C18H31NO2Si. The Morgan fingerprint density at radius 2 is 2.05 bits per heavy atom. The lowest BCUT2D eigenvalue weighted by Crippen LogP contribution is -2.42. The Morgan fingerprint density at radius 3 is 2.68 bits per heavy atom. The Morgan fingerprint density at radius 1 is 1.32 bits per heavy atom. The van der Waals surface area contributed by atoms with Crippen molar-refractivity contribution in [1.82, 2.24) is 0 Å². The fourth-order valence-electron chi connectivity index (χ4n) is 2.31. The highest BCUT2D eigenvalue weighted by Gasteiger charge is 2.37. The van der Waals surface area contributed by atoms with Gasteiger partial charge in [-0.3, -0.25) is 0 Å². The van der Waals surface area contributed by atoms with E-state index < -0.39 is 8.32 Å². The molecule has 2 rings (SSSR count). The summed E-state index contributed by atoms with van der Waals surface area (Å²) in [6.07, 6.45) is 2.19. The molecule has 0 amide bonds. The zero-order chi connectivity index (χ0) is 16.4. The topological polar surface area (TPSA) is 30.5 Å². The van der Waals surface area contributed by atoms with Crippen LogP contribution in [0.5, 0.6) is 5.75 Å². The molecule has 0 spiro atoms. The van der Waals surface area contributed by atoms with Gasteiger partial charge in [-0.05, 0) is 42.2 Å². The summed E-state index contributed by atoms with van der Waals surface area (Å²) in [6.45, 7) is 15.3. The van der Waals surface area contributed by atoms with Gasteiger partial charge in [0.1, 0.15) is 11.9 Å². The lowest BCUT2D eigenvalue weighted by atomic mass is 10.1. The molecule has 4 heteroatoms. The number of anilines is 1. The Labute approximate surface area is 136 Å². The molecule has 1 aliphatic heterocycles. The molecule has 1 aromatic rings. The fourth-order valence-corrected chi connectivity index (χ4v) is 3.37. The standard InChI is InChI=1S/C18H31NO2Si/c1-7-14-8-9-17-16(12-14)19-13-15(21-17)10-11-20-22(5,6)18(2,3)4/h8-9,12,15,19H,7,10-11,13H2,1-6H3. The maximum atomic E-state index is 6.25. The van der Waals surface area contributed by atoms with Crippen molar-refractivity contribution in [2.24, 2.45) is 0 Å². The van der Waals surface area contributed by atoms with Crippen molar-refractivity contribution in [3.63, 3.8) is 0 Å². The Balaban J connectivity index is 1.86. The van der Waals surface area contributed by atoms with Crippen LogP contribution >= 0.6 is 0 Å². The first-order valence-electron chi connectivity index (χ1n) is 8.40. The first-order chi connectivity index (χ1) is 10.2. The second kappa shape index (κ2) is 6.63. The van der Waals surface area contributed by atoms with E-state index in [2.05, 4.69) is 64.3 Å². The van der Waals surface area contributed by atoms with Crippen molar-refractivity contribution < 1.29 is 9.16 Å². The summed E-state index contributed by atoms with van der Waals surface area (Å²) in [5.41, 5.74) is 2.47. The molecule has 0 bridgehead atoms. The molecule has 0 aliphatic carbocycles. The predicted octanol–water partition coefficient (Wildman–Crippen LogP) is 4.83. The number of rotatable bonds is 5. The second-order valence-electron chi connectivity index (χ2n) is 7.70. The van der Waals surface area contributed by atoms with Gasteiger partial charge in [-0.15, -0.1) is 0 Å². The average molecular weight is 322 g/mol. The summed E-state index contributed by atoms with van der Waals surface area (Å²) in [4.78, 5) is 0. The van der Waals surface area contributed by atoms with Gasteiger partial charge in [-0.25, -0.2) is 0 Å². The van der Waals surface area contributed by atoms with Crippen LogP contribution in [0, 0.1) is 0 Å². The monoisotopic (exact) mass is 321 g/mol. The van der Waals surface area contributed by atoms with Crippen LogP contribution in [0.15, 0.2) is 18.2 Å². The van der Waals surface area contributed by atoms with Gasteiger partial charge in [-0.2, -0.15) is 0 Å². The van der Waals surface area contributed by atoms with Crippen molar-refractivity contribution in [2.45, 2.75) is 64.8 Å². The van der Waals surface area contributed by atoms with E-state index in [1.54, 1.807) is 0 Å². The van der Waals surface area contributed by atoms with E-state index in [4.69, 9.17) is 9.16 Å². The molecule has 1 unspecified atom stereocenters. The predicted molar refractivity (Wildman–Crippen MR) is 96.5 cm³/mol. The molecule has 1 N–H and O–H groups in total. The lowest BCUT2D eigenvalue weighted by Gasteiger charge is -2.37. The van der Waals surface area contributed by atoms with Crippen LogP contribution in [-0.2, 0) is 10.8 Å². The number of nitrogens with one attached hydrogen (secondary N) is 1. The number of fused-ring (bicyclic) bond motifs is 1. The maximum Gasteiger partial charge on any atom is 0.191 e. The molecule has 0 fully saturated rings. The van der Waals surface area contributed by atoms with E-state index in [1.165, 1.54) is 5.56 Å². The quantitative estimate of drug-likeness (QED) is 0.788. The molecule has 1 atom stereocenters. The first-order valence-corrected chi connectivity index (χ1v) is 11.3. The van der Waals surface area contributed by atoms with Gasteiger partial charge in [0.15, 0.2) is 8.32 Å². The SMILES string of the molecule is CCc1ccc2c(c1)NCC(CCO[Si](C)(C)C(C)(C)C)O2. The van der Waals surface area contributed by atoms with Crippen LogP contribution in [0.1, 0.15) is 39.7 Å². The molecule has 0 saturated heterocycles. The van der Waals surface area contributed by atoms with Crippen LogP contribution < -0.4 is 10.1 Å². The second-order valence-corrected chi connectivity index (χ2v) is 12.5. The van der Waals surface area contributed by atoms with E-state index in [9.17, 15) is 0 Å². The van der Waals surface area contributed by atoms with Crippen molar-refractivity contribution in [3.05, 3.63) is 23.8 Å². The number of hydrogen-bond acceptors (Lipinski definition) is 3. The van der Waals surface area contributed by atoms with Gasteiger partial charge in [0.05, 0.1) is 12.2 Å². The highest BCUT2D eigenvalue weighted by Crippen LogP contribution is 2.37. The minimum atomic E-state index is -1.65. The molecule has 1 heterocycles. The van der Waals surface area contributed by atoms with Crippen molar-refractivity contribution in [2.75, 3.05) is 18.5 Å².